The fraction of sp³-hybridized carbons (Fsp3) is 0.150. The van der Waals surface area contributed by atoms with Crippen LogP contribution in [0.1, 0.15) is 24.0 Å². The van der Waals surface area contributed by atoms with Crippen molar-refractivity contribution in [2.45, 2.75) is 12.8 Å². The number of benzene rings is 2. The van der Waals surface area contributed by atoms with Crippen molar-refractivity contribution in [1.29, 1.82) is 0 Å². The van der Waals surface area contributed by atoms with Gasteiger partial charge in [0.1, 0.15) is 5.75 Å². The first-order valence-corrected chi connectivity index (χ1v) is 7.68. The van der Waals surface area contributed by atoms with Crippen molar-refractivity contribution in [3.05, 3.63) is 64.7 Å². The van der Waals surface area contributed by atoms with Crippen molar-refractivity contribution in [3.8, 4) is 17.2 Å². The molecule has 122 valence electrons. The third-order valence-electron chi connectivity index (χ3n) is 4.00. The highest BCUT2D eigenvalue weighted by Gasteiger charge is 2.23. The van der Waals surface area contributed by atoms with Crippen LogP contribution in [0.5, 0.6) is 17.2 Å². The number of Topliss-reactive ketones (excluding diaryl/α,β-unsaturated/α-hetero) is 1. The average molecular weight is 322 g/mol. The molecular formula is C20H18O4. The molecule has 1 aliphatic rings. The van der Waals surface area contributed by atoms with Crippen LogP contribution in [0, 0.1) is 0 Å². The van der Waals surface area contributed by atoms with E-state index in [9.17, 15) is 15.0 Å². The van der Waals surface area contributed by atoms with Gasteiger partial charge in [-0.2, -0.15) is 0 Å². The van der Waals surface area contributed by atoms with E-state index in [1.165, 1.54) is 7.11 Å². The van der Waals surface area contributed by atoms with Crippen LogP contribution in [0.15, 0.2) is 53.6 Å². The third-order valence-corrected chi connectivity index (χ3v) is 4.00. The van der Waals surface area contributed by atoms with Crippen LogP contribution in [0.2, 0.25) is 0 Å². The quantitative estimate of drug-likeness (QED) is 0.840. The Morgan fingerprint density at radius 3 is 2.25 bits per heavy atom. The fourth-order valence-corrected chi connectivity index (χ4v) is 2.78. The minimum Gasteiger partial charge on any atom is -0.508 e. The molecule has 1 fully saturated rings. The largest absolute Gasteiger partial charge is 0.508 e. The average Bonchev–Trinajstić information content (AvgIpc) is 2.90. The first-order valence-electron chi connectivity index (χ1n) is 7.68. The van der Waals surface area contributed by atoms with Crippen molar-refractivity contribution in [2.24, 2.45) is 0 Å². The summed E-state index contributed by atoms with van der Waals surface area (Å²) in [5.41, 5.74) is 3.09. The molecule has 0 radical (unpaired) electrons. The van der Waals surface area contributed by atoms with E-state index < -0.39 is 0 Å². The summed E-state index contributed by atoms with van der Waals surface area (Å²) in [6, 6.07) is 11.8. The van der Waals surface area contributed by atoms with Crippen molar-refractivity contribution < 1.29 is 19.7 Å². The van der Waals surface area contributed by atoms with Gasteiger partial charge in [0, 0.05) is 11.1 Å². The lowest BCUT2D eigenvalue weighted by Gasteiger charge is -2.04. The zero-order valence-corrected chi connectivity index (χ0v) is 13.3. The number of carbonyl (C=O) groups excluding carboxylic acids is 1. The number of phenolic OH excluding ortho intramolecular Hbond substituents is 2. The minimum atomic E-state index is 0.0189. The molecule has 0 saturated heterocycles. The Labute approximate surface area is 140 Å². The minimum absolute atomic E-state index is 0.0189. The molecule has 2 aromatic carbocycles. The Balaban J connectivity index is 1.86. The van der Waals surface area contributed by atoms with E-state index in [-0.39, 0.29) is 17.3 Å². The maximum absolute atomic E-state index is 12.5. The Morgan fingerprint density at radius 1 is 0.958 bits per heavy atom. The highest BCUT2D eigenvalue weighted by molar-refractivity contribution is 6.15. The second-order valence-corrected chi connectivity index (χ2v) is 5.69. The summed E-state index contributed by atoms with van der Waals surface area (Å²) in [5, 5.41) is 19.1. The number of hydrogen-bond acceptors (Lipinski definition) is 4. The zero-order valence-electron chi connectivity index (χ0n) is 13.3. The number of rotatable bonds is 3. The van der Waals surface area contributed by atoms with Gasteiger partial charge in [-0.15, -0.1) is 0 Å². The monoisotopic (exact) mass is 322 g/mol. The van der Waals surface area contributed by atoms with E-state index in [4.69, 9.17) is 4.74 Å². The van der Waals surface area contributed by atoms with Crippen LogP contribution < -0.4 is 4.74 Å². The Kier molecular flexibility index (Phi) is 4.38. The molecule has 24 heavy (non-hydrogen) atoms. The van der Waals surface area contributed by atoms with E-state index in [1.807, 2.05) is 18.2 Å². The molecule has 0 atom stereocenters. The van der Waals surface area contributed by atoms with Gasteiger partial charge in [-0.25, -0.2) is 0 Å². The zero-order chi connectivity index (χ0) is 17.1. The number of ketones is 1. The van der Waals surface area contributed by atoms with E-state index in [2.05, 4.69) is 0 Å². The first-order chi connectivity index (χ1) is 11.6. The SMILES string of the molecule is COc1cc(/C=C2\CC/C(=C\c3cccc(O)c3)C2=O)ccc1O. The molecule has 2 aromatic rings. The molecule has 3 rings (SSSR count). The topological polar surface area (TPSA) is 66.8 Å². The van der Waals surface area contributed by atoms with Crippen LogP contribution >= 0.6 is 0 Å². The van der Waals surface area contributed by atoms with Gasteiger partial charge in [0.25, 0.3) is 0 Å². The number of allylic oxidation sites excluding steroid dienone is 2. The highest BCUT2D eigenvalue weighted by Crippen LogP contribution is 2.32. The summed E-state index contributed by atoms with van der Waals surface area (Å²) in [7, 11) is 1.49. The molecule has 0 aromatic heterocycles. The Hall–Kier alpha value is -3.01. The van der Waals surface area contributed by atoms with Crippen LogP contribution in [0.4, 0.5) is 0 Å². The van der Waals surface area contributed by atoms with E-state index >= 15 is 0 Å². The van der Waals surface area contributed by atoms with Gasteiger partial charge in [-0.3, -0.25) is 4.79 Å². The number of phenols is 2. The van der Waals surface area contributed by atoms with Crippen molar-refractivity contribution in [2.75, 3.05) is 7.11 Å². The number of methoxy groups -OCH3 is 1. The summed E-state index contributed by atoms with van der Waals surface area (Å²) in [5.74, 6) is 0.652. The molecule has 2 N–H and O–H groups in total. The Morgan fingerprint density at radius 2 is 1.62 bits per heavy atom. The molecule has 0 aliphatic heterocycles. The first kappa shape index (κ1) is 15.9. The molecule has 0 bridgehead atoms. The van der Waals surface area contributed by atoms with E-state index in [0.29, 0.717) is 18.6 Å². The molecule has 1 saturated carbocycles. The van der Waals surface area contributed by atoms with Crippen LogP contribution in [0.3, 0.4) is 0 Å². The summed E-state index contributed by atoms with van der Waals surface area (Å²) < 4.78 is 5.09. The van der Waals surface area contributed by atoms with Gasteiger partial charge < -0.3 is 14.9 Å². The summed E-state index contributed by atoms with van der Waals surface area (Å²) >= 11 is 0. The number of carbonyl (C=O) groups is 1. The molecule has 0 unspecified atom stereocenters. The van der Waals surface area contributed by atoms with Crippen molar-refractivity contribution in [1.82, 2.24) is 0 Å². The van der Waals surface area contributed by atoms with Gasteiger partial charge in [-0.1, -0.05) is 18.2 Å². The van der Waals surface area contributed by atoms with Crippen molar-refractivity contribution >= 4 is 17.9 Å². The molecule has 1 aliphatic carbocycles. The predicted molar refractivity (Wildman–Crippen MR) is 93.0 cm³/mol. The number of aromatic hydroxyl groups is 2. The molecule has 0 heterocycles. The van der Waals surface area contributed by atoms with Gasteiger partial charge in [0.2, 0.25) is 0 Å². The van der Waals surface area contributed by atoms with Crippen molar-refractivity contribution in [3.63, 3.8) is 0 Å². The maximum atomic E-state index is 12.5. The van der Waals surface area contributed by atoms with Gasteiger partial charge in [0.15, 0.2) is 17.3 Å². The number of hydrogen-bond donors (Lipinski definition) is 2. The van der Waals surface area contributed by atoms with E-state index in [0.717, 1.165) is 22.3 Å². The standard InChI is InChI=1S/C20H18O4/c1-24-19-12-14(5-8-18(19)22)10-16-7-6-15(20(16)23)9-13-3-2-4-17(21)11-13/h2-5,8-12,21-22H,6-7H2,1H3/b15-9+,16-10+. The molecule has 0 spiro atoms. The lowest BCUT2D eigenvalue weighted by Crippen LogP contribution is -1.95. The lowest BCUT2D eigenvalue weighted by molar-refractivity contribution is -0.111. The molecular weight excluding hydrogens is 304 g/mol. The fourth-order valence-electron chi connectivity index (χ4n) is 2.78. The van der Waals surface area contributed by atoms with Gasteiger partial charge >= 0.3 is 0 Å². The normalized spacial score (nSPS) is 17.6. The summed E-state index contributed by atoms with van der Waals surface area (Å²) in [6.07, 6.45) is 5.00. The van der Waals surface area contributed by atoms with Crippen LogP contribution in [0.25, 0.3) is 12.2 Å². The number of ether oxygens (including phenoxy) is 1. The molecule has 4 nitrogen and oxygen atoms in total. The van der Waals surface area contributed by atoms with Crippen LogP contribution in [-0.4, -0.2) is 23.1 Å². The molecule has 0 amide bonds. The summed E-state index contributed by atoms with van der Waals surface area (Å²) in [6.45, 7) is 0. The highest BCUT2D eigenvalue weighted by atomic mass is 16.5. The Bertz CT molecular complexity index is 846. The maximum Gasteiger partial charge on any atom is 0.185 e. The lowest BCUT2D eigenvalue weighted by atomic mass is 10.1. The smallest absolute Gasteiger partial charge is 0.185 e. The van der Waals surface area contributed by atoms with Gasteiger partial charge in [-0.05, 0) is 60.4 Å². The molecule has 4 heteroatoms. The van der Waals surface area contributed by atoms with Crippen LogP contribution in [-0.2, 0) is 4.79 Å². The third kappa shape index (κ3) is 3.33. The second kappa shape index (κ2) is 6.62. The van der Waals surface area contributed by atoms with Gasteiger partial charge in [0.05, 0.1) is 7.11 Å². The summed E-state index contributed by atoms with van der Waals surface area (Å²) in [4.78, 5) is 12.5. The van der Waals surface area contributed by atoms with E-state index in [1.54, 1.807) is 36.4 Å². The second-order valence-electron chi connectivity index (χ2n) is 5.69. The predicted octanol–water partition coefficient (Wildman–Crippen LogP) is 3.94.